The molecule has 0 heterocycles. The lowest BCUT2D eigenvalue weighted by Gasteiger charge is -2.11. The molecule has 2 heteroatoms. The molecule has 0 radical (unpaired) electrons. The van der Waals surface area contributed by atoms with Crippen LogP contribution in [0.3, 0.4) is 0 Å². The maximum Gasteiger partial charge on any atom is 0.0979 e. The van der Waals surface area contributed by atoms with Crippen LogP contribution < -0.4 is 0 Å². The highest BCUT2D eigenvalue weighted by Crippen LogP contribution is 2.11. The number of aliphatic hydroxyl groups is 2. The van der Waals surface area contributed by atoms with E-state index in [9.17, 15) is 10.2 Å². The van der Waals surface area contributed by atoms with E-state index in [0.717, 1.165) is 6.42 Å². The number of rotatable bonds is 13. The summed E-state index contributed by atoms with van der Waals surface area (Å²) in [7, 11) is 0. The van der Waals surface area contributed by atoms with Gasteiger partial charge in [-0.1, -0.05) is 77.4 Å². The van der Waals surface area contributed by atoms with Crippen molar-refractivity contribution in [1.29, 1.82) is 0 Å². The van der Waals surface area contributed by atoms with Crippen LogP contribution in [0.4, 0.5) is 0 Å². The van der Waals surface area contributed by atoms with Gasteiger partial charge in [-0.2, -0.15) is 0 Å². The van der Waals surface area contributed by atoms with Gasteiger partial charge in [-0.25, -0.2) is 0 Å². The van der Waals surface area contributed by atoms with E-state index < -0.39 is 12.2 Å². The quantitative estimate of drug-likeness (QED) is 0.379. The monoisotopic (exact) mass is 270 g/mol. The van der Waals surface area contributed by atoms with Gasteiger partial charge in [0.15, 0.2) is 0 Å². The smallest absolute Gasteiger partial charge is 0.0979 e. The minimum absolute atomic E-state index is 0.601. The van der Waals surface area contributed by atoms with Gasteiger partial charge in [0.05, 0.1) is 12.2 Å². The highest BCUT2D eigenvalue weighted by Gasteiger charge is 2.08. The molecule has 0 spiro atoms. The molecule has 19 heavy (non-hydrogen) atoms. The van der Waals surface area contributed by atoms with Crippen LogP contribution in [0.15, 0.2) is 12.2 Å². The van der Waals surface area contributed by atoms with Gasteiger partial charge in [-0.15, -0.1) is 0 Å². The molecule has 0 rings (SSSR count). The molecule has 0 bridgehead atoms. The lowest BCUT2D eigenvalue weighted by atomic mass is 10.1. The van der Waals surface area contributed by atoms with E-state index in [1.165, 1.54) is 57.8 Å². The number of hydrogen-bond donors (Lipinski definition) is 2. The fourth-order valence-electron chi connectivity index (χ4n) is 2.18. The van der Waals surface area contributed by atoms with E-state index >= 15 is 0 Å². The van der Waals surface area contributed by atoms with Gasteiger partial charge >= 0.3 is 0 Å². The summed E-state index contributed by atoms with van der Waals surface area (Å²) in [6.07, 6.45) is 16.1. The molecule has 2 atom stereocenters. The molecule has 0 saturated heterocycles. The Balaban J connectivity index is 3.24. The van der Waals surface area contributed by atoms with Crippen LogP contribution in [0, 0.1) is 0 Å². The zero-order valence-corrected chi connectivity index (χ0v) is 13.0. The lowest BCUT2D eigenvalue weighted by Crippen LogP contribution is -2.22. The summed E-state index contributed by atoms with van der Waals surface area (Å²) in [4.78, 5) is 0. The molecule has 0 amide bonds. The second-order valence-electron chi connectivity index (χ2n) is 5.51. The van der Waals surface area contributed by atoms with Crippen molar-refractivity contribution in [1.82, 2.24) is 0 Å². The van der Waals surface area contributed by atoms with E-state index in [2.05, 4.69) is 6.92 Å². The van der Waals surface area contributed by atoms with Gasteiger partial charge in [-0.05, 0) is 19.3 Å². The Labute approximate surface area is 119 Å². The zero-order chi connectivity index (χ0) is 14.3. The summed E-state index contributed by atoms with van der Waals surface area (Å²) in [6, 6.07) is 0. The first kappa shape index (κ1) is 18.7. The second kappa shape index (κ2) is 14.1. The van der Waals surface area contributed by atoms with E-state index in [-0.39, 0.29) is 0 Å². The fourth-order valence-corrected chi connectivity index (χ4v) is 2.18. The largest absolute Gasteiger partial charge is 0.390 e. The summed E-state index contributed by atoms with van der Waals surface area (Å²) < 4.78 is 0. The Kier molecular flexibility index (Phi) is 13.8. The SMILES string of the molecule is CCCCCCCCCCC/C=C/C(O)C(O)CC. The molecule has 0 saturated carbocycles. The van der Waals surface area contributed by atoms with Gasteiger partial charge < -0.3 is 10.2 Å². The van der Waals surface area contributed by atoms with Crippen LogP contribution >= 0.6 is 0 Å². The van der Waals surface area contributed by atoms with Gasteiger partial charge in [-0.3, -0.25) is 0 Å². The molecule has 0 aliphatic rings. The molecule has 114 valence electrons. The van der Waals surface area contributed by atoms with Crippen LogP contribution in [0.1, 0.15) is 84.5 Å². The third kappa shape index (κ3) is 12.4. The summed E-state index contributed by atoms with van der Waals surface area (Å²) in [6.45, 7) is 4.13. The Morgan fingerprint density at radius 1 is 0.789 bits per heavy atom. The summed E-state index contributed by atoms with van der Waals surface area (Å²) in [5, 5.41) is 18.9. The number of hydrogen-bond acceptors (Lipinski definition) is 2. The summed E-state index contributed by atoms with van der Waals surface area (Å²) >= 11 is 0. The lowest BCUT2D eigenvalue weighted by molar-refractivity contribution is 0.0464. The average Bonchev–Trinajstić information content (AvgIpc) is 2.43. The molecule has 0 aromatic rings. The number of unbranched alkanes of at least 4 members (excludes halogenated alkanes) is 9. The zero-order valence-electron chi connectivity index (χ0n) is 13.0. The van der Waals surface area contributed by atoms with E-state index in [1.807, 2.05) is 13.0 Å². The van der Waals surface area contributed by atoms with Crippen LogP contribution in [-0.2, 0) is 0 Å². The standard InChI is InChI=1S/C17H34O2/c1-3-5-6-7-8-9-10-11-12-13-14-15-17(19)16(18)4-2/h14-19H,3-13H2,1-2H3/b15-14+. The van der Waals surface area contributed by atoms with Gasteiger partial charge in [0, 0.05) is 0 Å². The minimum atomic E-state index is -0.691. The number of aliphatic hydroxyl groups excluding tert-OH is 2. The second-order valence-corrected chi connectivity index (χ2v) is 5.51. The van der Waals surface area contributed by atoms with Crippen molar-refractivity contribution in [2.24, 2.45) is 0 Å². The summed E-state index contributed by atoms with van der Waals surface area (Å²) in [5.41, 5.74) is 0. The fraction of sp³-hybridized carbons (Fsp3) is 0.882. The van der Waals surface area contributed by atoms with E-state index in [4.69, 9.17) is 0 Å². The Hall–Kier alpha value is -0.340. The van der Waals surface area contributed by atoms with E-state index in [0.29, 0.717) is 6.42 Å². The van der Waals surface area contributed by atoms with Crippen molar-refractivity contribution in [2.45, 2.75) is 96.7 Å². The van der Waals surface area contributed by atoms with Gasteiger partial charge in [0.1, 0.15) is 0 Å². The molecule has 2 nitrogen and oxygen atoms in total. The van der Waals surface area contributed by atoms with Crippen molar-refractivity contribution in [3.63, 3.8) is 0 Å². The molecule has 0 aromatic carbocycles. The third-order valence-electron chi connectivity index (χ3n) is 3.62. The molecule has 0 aliphatic heterocycles. The predicted octanol–water partition coefficient (Wildman–Crippen LogP) is 4.60. The predicted molar refractivity (Wildman–Crippen MR) is 83.3 cm³/mol. The topological polar surface area (TPSA) is 40.5 Å². The molecular formula is C17H34O2. The van der Waals surface area contributed by atoms with Gasteiger partial charge in [0.2, 0.25) is 0 Å². The molecule has 0 fully saturated rings. The van der Waals surface area contributed by atoms with Crippen molar-refractivity contribution in [3.8, 4) is 0 Å². The highest BCUT2D eigenvalue weighted by molar-refractivity contribution is 4.91. The Morgan fingerprint density at radius 3 is 1.84 bits per heavy atom. The molecule has 0 aliphatic carbocycles. The third-order valence-corrected chi connectivity index (χ3v) is 3.62. The highest BCUT2D eigenvalue weighted by atomic mass is 16.3. The molecular weight excluding hydrogens is 236 g/mol. The summed E-state index contributed by atoms with van der Waals surface area (Å²) in [5.74, 6) is 0. The van der Waals surface area contributed by atoms with Crippen LogP contribution in [0.25, 0.3) is 0 Å². The molecule has 2 N–H and O–H groups in total. The normalized spacial score (nSPS) is 14.9. The van der Waals surface area contributed by atoms with E-state index in [1.54, 1.807) is 6.08 Å². The number of allylic oxidation sites excluding steroid dienone is 1. The van der Waals surface area contributed by atoms with Crippen LogP contribution in [-0.4, -0.2) is 22.4 Å². The molecule has 0 aromatic heterocycles. The van der Waals surface area contributed by atoms with Crippen molar-refractivity contribution < 1.29 is 10.2 Å². The van der Waals surface area contributed by atoms with Crippen molar-refractivity contribution in [3.05, 3.63) is 12.2 Å². The Morgan fingerprint density at radius 2 is 1.32 bits per heavy atom. The average molecular weight is 270 g/mol. The van der Waals surface area contributed by atoms with Crippen LogP contribution in [0.5, 0.6) is 0 Å². The Bertz CT molecular complexity index is 201. The van der Waals surface area contributed by atoms with Crippen molar-refractivity contribution >= 4 is 0 Å². The first-order chi connectivity index (χ1) is 9.22. The van der Waals surface area contributed by atoms with Crippen molar-refractivity contribution in [2.75, 3.05) is 0 Å². The first-order valence-electron chi connectivity index (χ1n) is 8.25. The van der Waals surface area contributed by atoms with Gasteiger partial charge in [0.25, 0.3) is 0 Å². The minimum Gasteiger partial charge on any atom is -0.390 e. The first-order valence-corrected chi connectivity index (χ1v) is 8.25. The molecule has 2 unspecified atom stereocenters. The van der Waals surface area contributed by atoms with Crippen LogP contribution in [0.2, 0.25) is 0 Å². The maximum atomic E-state index is 9.52. The maximum absolute atomic E-state index is 9.52.